The summed E-state index contributed by atoms with van der Waals surface area (Å²) in [5.74, 6) is 1.24. The fourth-order valence-corrected chi connectivity index (χ4v) is 1.92. The summed E-state index contributed by atoms with van der Waals surface area (Å²) in [6.07, 6.45) is 0.964. The molecule has 0 saturated carbocycles. The van der Waals surface area contributed by atoms with Gasteiger partial charge in [0.1, 0.15) is 11.4 Å². The second-order valence-corrected chi connectivity index (χ2v) is 5.33. The SMILES string of the molecule is COc1ccc(-c2cc(C(=O)NCCC(C)C)[nH]n2)cc1. The highest BCUT2D eigenvalue weighted by Gasteiger charge is 2.10. The molecule has 0 aliphatic heterocycles. The number of hydrogen-bond acceptors (Lipinski definition) is 3. The summed E-state index contributed by atoms with van der Waals surface area (Å²) in [4.78, 5) is 12.0. The second-order valence-electron chi connectivity index (χ2n) is 5.33. The molecule has 1 heterocycles. The van der Waals surface area contributed by atoms with E-state index in [9.17, 15) is 4.79 Å². The van der Waals surface area contributed by atoms with Crippen LogP contribution in [-0.4, -0.2) is 29.8 Å². The molecule has 0 radical (unpaired) electrons. The lowest BCUT2D eigenvalue weighted by atomic mass is 10.1. The number of nitrogens with one attached hydrogen (secondary N) is 2. The highest BCUT2D eigenvalue weighted by Crippen LogP contribution is 2.21. The van der Waals surface area contributed by atoms with Crippen LogP contribution in [0.25, 0.3) is 11.3 Å². The Kier molecular flexibility index (Phi) is 4.98. The zero-order chi connectivity index (χ0) is 15.2. The molecule has 1 aromatic heterocycles. The van der Waals surface area contributed by atoms with E-state index in [1.54, 1.807) is 13.2 Å². The second kappa shape index (κ2) is 6.92. The third kappa shape index (κ3) is 4.08. The van der Waals surface area contributed by atoms with Gasteiger partial charge in [-0.25, -0.2) is 0 Å². The van der Waals surface area contributed by atoms with Gasteiger partial charge in [0.15, 0.2) is 0 Å². The topological polar surface area (TPSA) is 67.0 Å². The van der Waals surface area contributed by atoms with E-state index in [-0.39, 0.29) is 5.91 Å². The number of hydrogen-bond donors (Lipinski definition) is 2. The first-order chi connectivity index (χ1) is 10.1. The molecule has 1 aromatic carbocycles. The summed E-state index contributed by atoms with van der Waals surface area (Å²) in [6, 6.07) is 9.32. The Morgan fingerprint density at radius 2 is 2.05 bits per heavy atom. The minimum Gasteiger partial charge on any atom is -0.497 e. The number of benzene rings is 1. The van der Waals surface area contributed by atoms with E-state index in [2.05, 4.69) is 29.4 Å². The van der Waals surface area contributed by atoms with Crippen LogP contribution in [0.3, 0.4) is 0 Å². The molecule has 0 atom stereocenters. The maximum absolute atomic E-state index is 12.0. The zero-order valence-electron chi connectivity index (χ0n) is 12.6. The quantitative estimate of drug-likeness (QED) is 0.858. The van der Waals surface area contributed by atoms with Crippen molar-refractivity contribution in [3.63, 3.8) is 0 Å². The van der Waals surface area contributed by atoms with Crippen LogP contribution in [0.1, 0.15) is 30.8 Å². The highest BCUT2D eigenvalue weighted by molar-refractivity contribution is 5.93. The van der Waals surface area contributed by atoms with Gasteiger partial charge >= 0.3 is 0 Å². The number of carbonyl (C=O) groups excluding carboxylic acids is 1. The minimum atomic E-state index is -0.122. The number of aromatic nitrogens is 2. The lowest BCUT2D eigenvalue weighted by Crippen LogP contribution is -2.25. The first-order valence-electron chi connectivity index (χ1n) is 7.08. The van der Waals surface area contributed by atoms with Gasteiger partial charge in [-0.15, -0.1) is 0 Å². The maximum Gasteiger partial charge on any atom is 0.269 e. The number of carbonyl (C=O) groups is 1. The monoisotopic (exact) mass is 287 g/mol. The molecule has 0 unspecified atom stereocenters. The predicted octanol–water partition coefficient (Wildman–Crippen LogP) is 2.86. The van der Waals surface area contributed by atoms with E-state index in [0.29, 0.717) is 18.2 Å². The van der Waals surface area contributed by atoms with Gasteiger partial charge in [0.2, 0.25) is 0 Å². The molecule has 2 aromatic rings. The van der Waals surface area contributed by atoms with Crippen LogP contribution in [0.2, 0.25) is 0 Å². The number of nitrogens with zero attached hydrogens (tertiary/aromatic N) is 1. The number of methoxy groups -OCH3 is 1. The van der Waals surface area contributed by atoms with Crippen LogP contribution in [-0.2, 0) is 0 Å². The summed E-state index contributed by atoms with van der Waals surface area (Å²) in [7, 11) is 1.63. The van der Waals surface area contributed by atoms with Gasteiger partial charge in [-0.2, -0.15) is 5.10 Å². The molecule has 0 bridgehead atoms. The molecule has 2 N–H and O–H groups in total. The van der Waals surface area contributed by atoms with Crippen LogP contribution in [0.5, 0.6) is 5.75 Å². The molecule has 0 aliphatic carbocycles. The zero-order valence-corrected chi connectivity index (χ0v) is 12.6. The average molecular weight is 287 g/mol. The molecule has 2 rings (SSSR count). The van der Waals surface area contributed by atoms with Gasteiger partial charge < -0.3 is 10.1 Å². The largest absolute Gasteiger partial charge is 0.497 e. The minimum absolute atomic E-state index is 0.122. The molecule has 0 spiro atoms. The van der Waals surface area contributed by atoms with E-state index >= 15 is 0 Å². The first-order valence-corrected chi connectivity index (χ1v) is 7.08. The summed E-state index contributed by atoms with van der Waals surface area (Å²) >= 11 is 0. The van der Waals surface area contributed by atoms with Gasteiger partial charge in [0.05, 0.1) is 12.8 Å². The Bertz CT molecular complexity index is 588. The fourth-order valence-electron chi connectivity index (χ4n) is 1.92. The molecular formula is C16H21N3O2. The van der Waals surface area contributed by atoms with E-state index in [1.165, 1.54) is 0 Å². The van der Waals surface area contributed by atoms with Crippen molar-refractivity contribution in [1.82, 2.24) is 15.5 Å². The summed E-state index contributed by atoms with van der Waals surface area (Å²) in [5.41, 5.74) is 2.16. The number of aromatic amines is 1. The number of ether oxygens (including phenoxy) is 1. The molecule has 21 heavy (non-hydrogen) atoms. The third-order valence-electron chi connectivity index (χ3n) is 3.22. The summed E-state index contributed by atoms with van der Waals surface area (Å²) in [6.45, 7) is 4.93. The standard InChI is InChI=1S/C16H21N3O2/c1-11(2)8-9-17-16(20)15-10-14(18-19-15)12-4-6-13(21-3)7-5-12/h4-7,10-11H,8-9H2,1-3H3,(H,17,20)(H,18,19). The molecule has 112 valence electrons. The Balaban J connectivity index is 2.01. The van der Waals surface area contributed by atoms with Crippen molar-refractivity contribution >= 4 is 5.91 Å². The summed E-state index contributed by atoms with van der Waals surface area (Å²) < 4.78 is 5.12. The van der Waals surface area contributed by atoms with Crippen LogP contribution in [0.15, 0.2) is 30.3 Å². The molecule has 0 fully saturated rings. The maximum atomic E-state index is 12.0. The first kappa shape index (κ1) is 15.1. The van der Waals surface area contributed by atoms with Crippen LogP contribution >= 0.6 is 0 Å². The van der Waals surface area contributed by atoms with E-state index in [1.807, 2.05) is 24.3 Å². The lowest BCUT2D eigenvalue weighted by Gasteiger charge is -2.05. The van der Waals surface area contributed by atoms with E-state index in [0.717, 1.165) is 23.4 Å². The van der Waals surface area contributed by atoms with Crippen LogP contribution in [0.4, 0.5) is 0 Å². The third-order valence-corrected chi connectivity index (χ3v) is 3.22. The van der Waals surface area contributed by atoms with Crippen LogP contribution in [0, 0.1) is 5.92 Å². The van der Waals surface area contributed by atoms with Gasteiger partial charge in [0.25, 0.3) is 5.91 Å². The average Bonchev–Trinajstić information content (AvgIpc) is 2.97. The van der Waals surface area contributed by atoms with Crippen molar-refractivity contribution in [1.29, 1.82) is 0 Å². The molecule has 5 nitrogen and oxygen atoms in total. The van der Waals surface area contributed by atoms with Gasteiger partial charge in [-0.3, -0.25) is 9.89 Å². The molecule has 5 heteroatoms. The Labute approximate surface area is 124 Å². The van der Waals surface area contributed by atoms with Crippen molar-refractivity contribution in [2.24, 2.45) is 5.92 Å². The smallest absolute Gasteiger partial charge is 0.269 e. The summed E-state index contributed by atoms with van der Waals surface area (Å²) in [5, 5.41) is 9.84. The Morgan fingerprint density at radius 1 is 1.33 bits per heavy atom. The van der Waals surface area contributed by atoms with E-state index < -0.39 is 0 Å². The highest BCUT2D eigenvalue weighted by atomic mass is 16.5. The van der Waals surface area contributed by atoms with Crippen molar-refractivity contribution in [3.05, 3.63) is 36.0 Å². The Hall–Kier alpha value is -2.30. The molecular weight excluding hydrogens is 266 g/mol. The van der Waals surface area contributed by atoms with Gasteiger partial charge in [-0.05, 0) is 42.7 Å². The van der Waals surface area contributed by atoms with Crippen molar-refractivity contribution in [3.8, 4) is 17.0 Å². The van der Waals surface area contributed by atoms with Crippen LogP contribution < -0.4 is 10.1 Å². The number of rotatable bonds is 6. The molecule has 1 amide bonds. The van der Waals surface area contributed by atoms with Gasteiger partial charge in [0, 0.05) is 12.1 Å². The van der Waals surface area contributed by atoms with Crippen molar-refractivity contribution in [2.75, 3.05) is 13.7 Å². The van der Waals surface area contributed by atoms with E-state index in [4.69, 9.17) is 4.74 Å². The molecule has 0 aliphatic rings. The predicted molar refractivity (Wildman–Crippen MR) is 82.4 cm³/mol. The molecule has 0 saturated heterocycles. The number of H-pyrrole nitrogens is 1. The normalized spacial score (nSPS) is 10.7. The Morgan fingerprint density at radius 3 is 2.67 bits per heavy atom. The number of amides is 1. The fraction of sp³-hybridized carbons (Fsp3) is 0.375. The van der Waals surface area contributed by atoms with Crippen molar-refractivity contribution < 1.29 is 9.53 Å². The van der Waals surface area contributed by atoms with Crippen molar-refractivity contribution in [2.45, 2.75) is 20.3 Å². The lowest BCUT2D eigenvalue weighted by molar-refractivity contribution is 0.0947. The van der Waals surface area contributed by atoms with Gasteiger partial charge in [-0.1, -0.05) is 13.8 Å².